The summed E-state index contributed by atoms with van der Waals surface area (Å²) in [5.74, 6) is -1.70. The Kier molecular flexibility index (Phi) is 4.31. The van der Waals surface area contributed by atoms with Gasteiger partial charge >= 0.3 is 11.9 Å². The summed E-state index contributed by atoms with van der Waals surface area (Å²) in [6, 6.07) is 5.65. The molecule has 130 valence electrons. The van der Waals surface area contributed by atoms with E-state index in [4.69, 9.17) is 9.47 Å². The third-order valence-electron chi connectivity index (χ3n) is 4.32. The van der Waals surface area contributed by atoms with Crippen molar-refractivity contribution in [1.82, 2.24) is 14.7 Å². The van der Waals surface area contributed by atoms with Gasteiger partial charge in [-0.25, -0.2) is 14.6 Å². The van der Waals surface area contributed by atoms with E-state index in [0.29, 0.717) is 28.2 Å². The fraction of sp³-hybridized carbons (Fsp3) is 0.278. The first-order valence-electron chi connectivity index (χ1n) is 7.76. The van der Waals surface area contributed by atoms with E-state index in [1.807, 2.05) is 28.8 Å². The summed E-state index contributed by atoms with van der Waals surface area (Å²) in [7, 11) is 2.63. The van der Waals surface area contributed by atoms with Gasteiger partial charge in [-0.2, -0.15) is 0 Å². The molecule has 0 saturated carbocycles. The van der Waals surface area contributed by atoms with Crippen LogP contribution < -0.4 is 5.32 Å². The average Bonchev–Trinajstić information content (AvgIpc) is 3.03. The van der Waals surface area contributed by atoms with Crippen molar-refractivity contribution in [2.75, 3.05) is 14.2 Å². The van der Waals surface area contributed by atoms with E-state index in [1.54, 1.807) is 20.2 Å². The lowest BCUT2D eigenvalue weighted by Gasteiger charge is -2.29. The zero-order chi connectivity index (χ0) is 18.1. The molecule has 2 aromatic rings. The molecular weight excluding hydrogens is 322 g/mol. The summed E-state index contributed by atoms with van der Waals surface area (Å²) in [5.41, 5.74) is 3.34. The average molecular weight is 341 g/mol. The molecule has 2 aromatic heterocycles. The minimum absolute atomic E-state index is 0.345. The molecule has 0 amide bonds. The van der Waals surface area contributed by atoms with Gasteiger partial charge in [0.05, 0.1) is 48.8 Å². The molecule has 1 aliphatic heterocycles. The van der Waals surface area contributed by atoms with Crippen molar-refractivity contribution in [3.05, 3.63) is 59.0 Å². The Morgan fingerprint density at radius 3 is 2.24 bits per heavy atom. The molecule has 0 saturated heterocycles. The maximum Gasteiger partial charge on any atom is 0.336 e. The van der Waals surface area contributed by atoms with E-state index >= 15 is 0 Å². The Hall–Kier alpha value is -3.09. The van der Waals surface area contributed by atoms with Crippen molar-refractivity contribution >= 4 is 17.5 Å². The van der Waals surface area contributed by atoms with E-state index in [1.165, 1.54) is 14.2 Å². The first-order valence-corrected chi connectivity index (χ1v) is 7.76. The van der Waals surface area contributed by atoms with Gasteiger partial charge in [-0.05, 0) is 26.0 Å². The van der Waals surface area contributed by atoms with Gasteiger partial charge in [0.25, 0.3) is 0 Å². The number of esters is 2. The molecule has 3 heterocycles. The molecule has 1 N–H and O–H groups in total. The lowest BCUT2D eigenvalue weighted by Crippen LogP contribution is -2.32. The molecule has 0 spiro atoms. The molecule has 0 atom stereocenters. The van der Waals surface area contributed by atoms with Crippen LogP contribution in [-0.4, -0.2) is 35.5 Å². The number of hydrogen-bond acceptors (Lipinski definition) is 6. The van der Waals surface area contributed by atoms with Gasteiger partial charge in [-0.15, -0.1) is 0 Å². The summed E-state index contributed by atoms with van der Waals surface area (Å²) in [6.07, 6.45) is 3.51. The molecule has 7 heteroatoms. The van der Waals surface area contributed by atoms with E-state index < -0.39 is 17.9 Å². The fourth-order valence-corrected chi connectivity index (χ4v) is 3.22. The van der Waals surface area contributed by atoms with Gasteiger partial charge < -0.3 is 19.2 Å². The van der Waals surface area contributed by atoms with Gasteiger partial charge in [-0.3, -0.25) is 0 Å². The first kappa shape index (κ1) is 16.8. The Bertz CT molecular complexity index is 885. The van der Waals surface area contributed by atoms with Crippen LogP contribution in [-0.2, 0) is 19.1 Å². The predicted molar refractivity (Wildman–Crippen MR) is 90.5 cm³/mol. The molecule has 0 unspecified atom stereocenters. The number of aromatic nitrogens is 2. The number of nitrogens with one attached hydrogen (secondary N) is 1. The van der Waals surface area contributed by atoms with E-state index in [-0.39, 0.29) is 0 Å². The predicted octanol–water partition coefficient (Wildman–Crippen LogP) is 1.92. The highest BCUT2D eigenvalue weighted by Gasteiger charge is 2.39. The zero-order valence-electron chi connectivity index (χ0n) is 14.5. The number of allylic oxidation sites excluding steroid dienone is 2. The quantitative estimate of drug-likeness (QED) is 0.859. The first-order chi connectivity index (χ1) is 12.0. The summed E-state index contributed by atoms with van der Waals surface area (Å²) < 4.78 is 11.7. The minimum atomic E-state index is -0.673. The summed E-state index contributed by atoms with van der Waals surface area (Å²) in [5, 5.41) is 3.07. The van der Waals surface area contributed by atoms with Gasteiger partial charge in [0, 0.05) is 17.6 Å². The molecule has 7 nitrogen and oxygen atoms in total. The highest BCUT2D eigenvalue weighted by molar-refractivity contribution is 6.00. The summed E-state index contributed by atoms with van der Waals surface area (Å²) in [6.45, 7) is 3.55. The van der Waals surface area contributed by atoms with Crippen molar-refractivity contribution < 1.29 is 19.1 Å². The summed E-state index contributed by atoms with van der Waals surface area (Å²) in [4.78, 5) is 29.4. The van der Waals surface area contributed by atoms with E-state index in [2.05, 4.69) is 10.3 Å². The van der Waals surface area contributed by atoms with Crippen LogP contribution in [0.15, 0.2) is 53.3 Å². The van der Waals surface area contributed by atoms with Crippen LogP contribution >= 0.6 is 0 Å². The maximum atomic E-state index is 12.5. The number of carbonyl (C=O) groups is 2. The van der Waals surface area contributed by atoms with Crippen LogP contribution in [0.3, 0.4) is 0 Å². The number of carbonyl (C=O) groups excluding carboxylic acids is 2. The van der Waals surface area contributed by atoms with Crippen LogP contribution in [0.2, 0.25) is 0 Å². The second-order valence-corrected chi connectivity index (χ2v) is 5.74. The topological polar surface area (TPSA) is 81.9 Å². The zero-order valence-corrected chi connectivity index (χ0v) is 14.5. The number of rotatable bonds is 3. The highest BCUT2D eigenvalue weighted by Crippen LogP contribution is 2.39. The lowest BCUT2D eigenvalue weighted by molar-refractivity contribution is -0.137. The highest BCUT2D eigenvalue weighted by atomic mass is 16.5. The van der Waals surface area contributed by atoms with Gasteiger partial charge in [-0.1, -0.05) is 6.07 Å². The normalized spacial score (nSPS) is 15.4. The smallest absolute Gasteiger partial charge is 0.336 e. The largest absolute Gasteiger partial charge is 0.466 e. The summed E-state index contributed by atoms with van der Waals surface area (Å²) >= 11 is 0. The Morgan fingerprint density at radius 2 is 1.68 bits per heavy atom. The van der Waals surface area contributed by atoms with Crippen molar-refractivity contribution in [3.63, 3.8) is 0 Å². The lowest BCUT2D eigenvalue weighted by atomic mass is 9.82. The Balaban J connectivity index is 2.29. The van der Waals surface area contributed by atoms with Crippen LogP contribution in [0.1, 0.15) is 25.5 Å². The van der Waals surface area contributed by atoms with Crippen LogP contribution in [0.25, 0.3) is 5.52 Å². The number of nitrogens with zero attached hydrogens (tertiary/aromatic N) is 2. The number of hydrogen-bond donors (Lipinski definition) is 1. The molecular formula is C18H19N3O4. The second-order valence-electron chi connectivity index (χ2n) is 5.74. The van der Waals surface area contributed by atoms with Gasteiger partial charge in [0.2, 0.25) is 0 Å². The van der Waals surface area contributed by atoms with Gasteiger partial charge in [0.1, 0.15) is 0 Å². The van der Waals surface area contributed by atoms with Crippen LogP contribution in [0.4, 0.5) is 0 Å². The monoisotopic (exact) mass is 341 g/mol. The van der Waals surface area contributed by atoms with Crippen LogP contribution in [0.5, 0.6) is 0 Å². The molecule has 3 rings (SSSR count). The molecule has 0 radical (unpaired) electrons. The number of dihydropyridines is 1. The number of fused-ring (bicyclic) bond motifs is 1. The van der Waals surface area contributed by atoms with Crippen molar-refractivity contribution in [1.29, 1.82) is 0 Å². The van der Waals surface area contributed by atoms with E-state index in [0.717, 1.165) is 5.52 Å². The SMILES string of the molecule is COC(=O)C1=C(C)NC(C)=C(C(=O)OC)C1c1ncn2ccccc12. The number of ether oxygens (including phenoxy) is 2. The van der Waals surface area contributed by atoms with Gasteiger partial charge in [0.15, 0.2) is 0 Å². The standard InChI is InChI=1S/C18H19N3O4/c1-10-13(17(22)24-3)15(14(11(2)20-10)18(23)25-4)16-12-7-5-6-8-21(12)9-19-16/h5-9,15,20H,1-4H3. The molecule has 1 aliphatic rings. The third kappa shape index (κ3) is 2.67. The number of imidazole rings is 1. The molecule has 0 bridgehead atoms. The van der Waals surface area contributed by atoms with Crippen LogP contribution in [0, 0.1) is 0 Å². The molecule has 0 aromatic carbocycles. The second kappa shape index (κ2) is 6.43. The maximum absolute atomic E-state index is 12.5. The minimum Gasteiger partial charge on any atom is -0.466 e. The van der Waals surface area contributed by atoms with Crippen molar-refractivity contribution in [2.45, 2.75) is 19.8 Å². The third-order valence-corrected chi connectivity index (χ3v) is 4.32. The fourth-order valence-electron chi connectivity index (χ4n) is 3.22. The Labute approximate surface area is 144 Å². The molecule has 0 fully saturated rings. The van der Waals surface area contributed by atoms with Crippen molar-refractivity contribution in [3.8, 4) is 0 Å². The Morgan fingerprint density at radius 1 is 1.08 bits per heavy atom. The van der Waals surface area contributed by atoms with Crippen molar-refractivity contribution in [2.24, 2.45) is 0 Å². The number of pyridine rings is 1. The number of methoxy groups -OCH3 is 2. The van der Waals surface area contributed by atoms with E-state index in [9.17, 15) is 9.59 Å². The molecule has 25 heavy (non-hydrogen) atoms. The molecule has 0 aliphatic carbocycles.